The van der Waals surface area contributed by atoms with E-state index in [2.05, 4.69) is 4.98 Å². The number of aryl methyl sites for hydroxylation is 1. The summed E-state index contributed by atoms with van der Waals surface area (Å²) in [5.74, 6) is 0. The van der Waals surface area contributed by atoms with E-state index in [4.69, 9.17) is 19.7 Å². The summed E-state index contributed by atoms with van der Waals surface area (Å²) in [5, 5.41) is 56.4. The van der Waals surface area contributed by atoms with E-state index in [1.165, 1.54) is 13.1 Å². The average molecular weight is 502 g/mol. The van der Waals surface area contributed by atoms with Crippen LogP contribution in [-0.4, -0.2) is 99.6 Å². The van der Waals surface area contributed by atoms with E-state index in [-0.39, 0.29) is 5.56 Å². The lowest BCUT2D eigenvalue weighted by molar-refractivity contribution is -0.0551. The van der Waals surface area contributed by atoms with Gasteiger partial charge in [-0.3, -0.25) is 28.7 Å². The predicted octanol–water partition coefficient (Wildman–Crippen LogP) is -5.40. The lowest BCUT2D eigenvalue weighted by atomic mass is 10.1. The maximum Gasteiger partial charge on any atom is 0.330 e. The highest BCUT2D eigenvalue weighted by molar-refractivity contribution is 5.03. The van der Waals surface area contributed by atoms with Crippen molar-refractivity contribution in [1.82, 2.24) is 19.1 Å². The number of aromatic nitrogens is 4. The molecule has 8 atom stereocenters. The van der Waals surface area contributed by atoms with Crippen molar-refractivity contribution in [2.45, 2.75) is 56.0 Å². The molecule has 2 aliphatic rings. The molecule has 2 aromatic rings. The molecule has 35 heavy (non-hydrogen) atoms. The molecule has 0 saturated carbocycles. The Morgan fingerprint density at radius 2 is 1.29 bits per heavy atom. The van der Waals surface area contributed by atoms with E-state index in [1.54, 1.807) is 0 Å². The third-order valence-electron chi connectivity index (χ3n) is 5.58. The summed E-state index contributed by atoms with van der Waals surface area (Å²) in [7, 11) is 0. The molecule has 0 bridgehead atoms. The van der Waals surface area contributed by atoms with Crippen LogP contribution in [0.1, 0.15) is 18.0 Å². The molecule has 2 aliphatic heterocycles. The maximum atomic E-state index is 11.6. The molecule has 4 rings (SSSR count). The van der Waals surface area contributed by atoms with Crippen LogP contribution in [0.15, 0.2) is 37.6 Å². The molecule has 2 aromatic heterocycles. The van der Waals surface area contributed by atoms with E-state index < -0.39 is 84.8 Å². The van der Waals surface area contributed by atoms with Crippen molar-refractivity contribution in [1.29, 1.82) is 0 Å². The van der Waals surface area contributed by atoms with E-state index >= 15 is 0 Å². The first-order chi connectivity index (χ1) is 16.5. The van der Waals surface area contributed by atoms with Crippen LogP contribution in [0, 0.1) is 6.92 Å². The van der Waals surface area contributed by atoms with Crippen molar-refractivity contribution < 1.29 is 40.1 Å². The number of hydrogen-bond acceptors (Lipinski definition) is 12. The summed E-state index contributed by atoms with van der Waals surface area (Å²) in [4.78, 5) is 49.2. The van der Waals surface area contributed by atoms with Crippen LogP contribution >= 0.6 is 0 Å². The number of aromatic amines is 2. The molecule has 2 fully saturated rings. The van der Waals surface area contributed by atoms with E-state index in [0.717, 1.165) is 21.4 Å². The van der Waals surface area contributed by atoms with Crippen molar-refractivity contribution in [3.05, 3.63) is 65.7 Å². The van der Waals surface area contributed by atoms with Gasteiger partial charge in [0.25, 0.3) is 11.1 Å². The molecule has 0 amide bonds. The van der Waals surface area contributed by atoms with Gasteiger partial charge in [0.1, 0.15) is 36.6 Å². The highest BCUT2D eigenvalue weighted by Gasteiger charge is 2.44. The fourth-order valence-electron chi connectivity index (χ4n) is 3.62. The van der Waals surface area contributed by atoms with Crippen molar-refractivity contribution in [3.63, 3.8) is 0 Å². The molecular weight excluding hydrogens is 476 g/mol. The third kappa shape index (κ3) is 5.34. The number of aliphatic hydroxyl groups is 6. The minimum atomic E-state index is -1.36. The average Bonchev–Trinajstić information content (AvgIpc) is 3.26. The fourth-order valence-corrected chi connectivity index (χ4v) is 3.62. The predicted molar refractivity (Wildman–Crippen MR) is 113 cm³/mol. The van der Waals surface area contributed by atoms with Crippen LogP contribution in [0.4, 0.5) is 0 Å². The van der Waals surface area contributed by atoms with Gasteiger partial charge < -0.3 is 40.1 Å². The van der Waals surface area contributed by atoms with Crippen LogP contribution in [0.5, 0.6) is 0 Å². The Balaban J connectivity index is 0.000000196. The van der Waals surface area contributed by atoms with Gasteiger partial charge in [0.2, 0.25) is 0 Å². The quantitative estimate of drug-likeness (QED) is 0.195. The largest absolute Gasteiger partial charge is 0.394 e. The summed E-state index contributed by atoms with van der Waals surface area (Å²) >= 11 is 0. The van der Waals surface area contributed by atoms with Gasteiger partial charge in [0.15, 0.2) is 12.5 Å². The Morgan fingerprint density at radius 3 is 1.74 bits per heavy atom. The Bertz CT molecular complexity index is 1250. The molecule has 0 radical (unpaired) electrons. The lowest BCUT2D eigenvalue weighted by Crippen LogP contribution is -2.38. The van der Waals surface area contributed by atoms with Crippen LogP contribution in [0.25, 0.3) is 0 Å². The third-order valence-corrected chi connectivity index (χ3v) is 5.58. The summed E-state index contributed by atoms with van der Waals surface area (Å²) in [6.45, 7) is 0.536. The van der Waals surface area contributed by atoms with Crippen molar-refractivity contribution in [3.8, 4) is 0 Å². The van der Waals surface area contributed by atoms with Gasteiger partial charge in [-0.15, -0.1) is 0 Å². The normalized spacial score (nSPS) is 32.3. The van der Waals surface area contributed by atoms with Crippen LogP contribution in [0.3, 0.4) is 0 Å². The molecule has 0 aliphatic carbocycles. The highest BCUT2D eigenvalue weighted by Crippen LogP contribution is 2.28. The smallest absolute Gasteiger partial charge is 0.330 e. The van der Waals surface area contributed by atoms with Gasteiger partial charge in [-0.2, -0.15) is 0 Å². The Morgan fingerprint density at radius 1 is 0.800 bits per heavy atom. The van der Waals surface area contributed by atoms with Gasteiger partial charge in [0, 0.05) is 24.0 Å². The van der Waals surface area contributed by atoms with Gasteiger partial charge in [-0.05, 0) is 6.92 Å². The van der Waals surface area contributed by atoms with E-state index in [0.29, 0.717) is 0 Å². The highest BCUT2D eigenvalue weighted by atomic mass is 16.6. The topological polar surface area (TPSA) is 250 Å². The van der Waals surface area contributed by atoms with Crippen LogP contribution in [0.2, 0.25) is 0 Å². The standard InChI is InChI=1S/C10H14N2O6.C9H12N2O6/c1-4-2-12(10(17)11-8(4)16)9-7(15)6(14)5(3-13)18-9;12-3-4-6(14)7(15)8(17-4)11-2-1-5(13)10-9(11)16/h2,5-7,9,13-15H,3H2,1H3,(H,11,16,17);1-2,4,6-8,12,14-15H,3H2,(H,10,13,16)/t5-,6-,7-,9?;4-,6-,7-,8-/m11/s1. The first kappa shape index (κ1) is 26.6. The summed E-state index contributed by atoms with van der Waals surface area (Å²) < 4.78 is 12.3. The molecular formula is C19H26N4O12. The van der Waals surface area contributed by atoms with Gasteiger partial charge >= 0.3 is 11.4 Å². The van der Waals surface area contributed by atoms with Crippen molar-refractivity contribution in [2.75, 3.05) is 13.2 Å². The first-order valence-electron chi connectivity index (χ1n) is 10.4. The Hall–Kier alpha value is -2.96. The molecule has 16 nitrogen and oxygen atoms in total. The minimum absolute atomic E-state index is 0.271. The number of nitrogens with zero attached hydrogens (tertiary/aromatic N) is 2. The molecule has 0 aromatic carbocycles. The zero-order chi connectivity index (χ0) is 26.0. The first-order valence-corrected chi connectivity index (χ1v) is 10.4. The number of H-pyrrole nitrogens is 2. The Labute approximate surface area is 194 Å². The number of nitrogens with one attached hydrogen (secondary N) is 2. The molecule has 4 heterocycles. The number of hydrogen-bond donors (Lipinski definition) is 8. The maximum absolute atomic E-state index is 11.6. The van der Waals surface area contributed by atoms with Crippen molar-refractivity contribution >= 4 is 0 Å². The van der Waals surface area contributed by atoms with Crippen LogP contribution in [-0.2, 0) is 9.47 Å². The molecule has 0 spiro atoms. The lowest BCUT2D eigenvalue weighted by Gasteiger charge is -2.17. The van der Waals surface area contributed by atoms with Gasteiger partial charge in [0.05, 0.1) is 13.2 Å². The van der Waals surface area contributed by atoms with Gasteiger partial charge in [-0.25, -0.2) is 9.59 Å². The zero-order valence-corrected chi connectivity index (χ0v) is 18.3. The number of rotatable bonds is 4. The molecule has 16 heteroatoms. The number of aliphatic hydroxyl groups excluding tert-OH is 6. The van der Waals surface area contributed by atoms with E-state index in [9.17, 15) is 39.6 Å². The molecule has 2 saturated heterocycles. The summed E-state index contributed by atoms with van der Waals surface area (Å²) in [6.07, 6.45) is -7.10. The van der Waals surface area contributed by atoms with E-state index in [1.807, 2.05) is 4.98 Å². The monoisotopic (exact) mass is 502 g/mol. The number of ether oxygens (including phenoxy) is 2. The second kappa shape index (κ2) is 10.8. The molecule has 194 valence electrons. The molecule has 8 N–H and O–H groups in total. The van der Waals surface area contributed by atoms with Gasteiger partial charge in [-0.1, -0.05) is 0 Å². The fraction of sp³-hybridized carbons (Fsp3) is 0.579. The second-order valence-electron chi connectivity index (χ2n) is 7.95. The summed E-state index contributed by atoms with van der Waals surface area (Å²) in [5.41, 5.74) is -2.33. The minimum Gasteiger partial charge on any atom is -0.394 e. The van der Waals surface area contributed by atoms with Crippen molar-refractivity contribution in [2.24, 2.45) is 0 Å². The second-order valence-corrected chi connectivity index (χ2v) is 7.95. The van der Waals surface area contributed by atoms with Crippen LogP contribution < -0.4 is 22.5 Å². The summed E-state index contributed by atoms with van der Waals surface area (Å²) in [6, 6.07) is 1.09. The Kier molecular flexibility index (Phi) is 8.18. The molecule has 1 unspecified atom stereocenters. The zero-order valence-electron chi connectivity index (χ0n) is 18.3. The SMILES string of the molecule is Cc1cn(C2O[C@H](CO)[C@@H](O)[C@H]2O)c(=O)[nH]c1=O.O=c1ccn([C@@H]2O[C@H](CO)[C@@H](O)[C@H]2O)c(=O)[nH]1.